The number of amides is 1. The zero-order valence-electron chi connectivity index (χ0n) is 11.1. The fourth-order valence-corrected chi connectivity index (χ4v) is 1.73. The molecule has 2 aromatic carbocycles. The molecule has 2 aromatic rings. The molecule has 0 aromatic heterocycles. The summed E-state index contributed by atoms with van der Waals surface area (Å²) in [5.74, 6) is -2.18. The first-order chi connectivity index (χ1) is 10.0. The Labute approximate surface area is 121 Å². The molecule has 0 unspecified atom stereocenters. The molecule has 0 spiro atoms. The Morgan fingerprint density at radius 2 is 1.95 bits per heavy atom. The molecule has 0 atom stereocenters. The zero-order chi connectivity index (χ0) is 15.2. The van der Waals surface area contributed by atoms with Crippen LogP contribution in [0.3, 0.4) is 0 Å². The van der Waals surface area contributed by atoms with E-state index in [-0.39, 0.29) is 12.5 Å². The molecule has 3 N–H and O–H groups in total. The van der Waals surface area contributed by atoms with Crippen molar-refractivity contribution in [3.8, 4) is 0 Å². The van der Waals surface area contributed by atoms with Gasteiger partial charge in [-0.1, -0.05) is 18.2 Å². The van der Waals surface area contributed by atoms with Crippen LogP contribution in [0.4, 0.5) is 14.5 Å². The average molecular weight is 288 g/mol. The van der Waals surface area contributed by atoms with Gasteiger partial charge in [0.25, 0.3) is 0 Å². The summed E-state index contributed by atoms with van der Waals surface area (Å²) in [7, 11) is 0. The van der Waals surface area contributed by atoms with Crippen molar-refractivity contribution in [3.05, 3.63) is 71.3 Å². The smallest absolute Gasteiger partial charge is 0.244 e. The number of nitrogens with one attached hydrogen (secondary N) is 1. The van der Waals surface area contributed by atoms with E-state index in [1.165, 1.54) is 12.1 Å². The molecule has 0 heterocycles. The normalized spacial score (nSPS) is 10.8. The van der Waals surface area contributed by atoms with Crippen LogP contribution in [0.15, 0.2) is 48.5 Å². The van der Waals surface area contributed by atoms with E-state index in [2.05, 4.69) is 5.32 Å². The number of nitrogens with two attached hydrogens (primary N) is 1. The second kappa shape index (κ2) is 6.65. The van der Waals surface area contributed by atoms with E-state index in [0.29, 0.717) is 11.3 Å². The third-order valence-electron chi connectivity index (χ3n) is 2.79. The molecule has 0 aliphatic heterocycles. The lowest BCUT2D eigenvalue weighted by molar-refractivity contribution is -0.116. The van der Waals surface area contributed by atoms with Gasteiger partial charge in [0.05, 0.1) is 0 Å². The molecule has 5 heteroatoms. The SMILES string of the molecule is Nc1cccc(/C=C/C(=O)NCc2ccc(F)c(F)c2)c1. The fourth-order valence-electron chi connectivity index (χ4n) is 1.73. The summed E-state index contributed by atoms with van der Waals surface area (Å²) >= 11 is 0. The van der Waals surface area contributed by atoms with Gasteiger partial charge < -0.3 is 11.1 Å². The molecule has 0 aliphatic rings. The Kier molecular flexibility index (Phi) is 4.66. The summed E-state index contributed by atoms with van der Waals surface area (Å²) in [6.45, 7) is 0.122. The summed E-state index contributed by atoms with van der Waals surface area (Å²) in [6, 6.07) is 10.6. The lowest BCUT2D eigenvalue weighted by atomic mass is 10.2. The van der Waals surface area contributed by atoms with Gasteiger partial charge >= 0.3 is 0 Å². The first-order valence-electron chi connectivity index (χ1n) is 6.30. The van der Waals surface area contributed by atoms with E-state index in [0.717, 1.165) is 17.7 Å². The predicted octanol–water partition coefficient (Wildman–Crippen LogP) is 2.88. The highest BCUT2D eigenvalue weighted by Crippen LogP contribution is 2.09. The lowest BCUT2D eigenvalue weighted by Gasteiger charge is -2.03. The summed E-state index contributed by atoms with van der Waals surface area (Å²) < 4.78 is 25.8. The largest absolute Gasteiger partial charge is 0.399 e. The van der Waals surface area contributed by atoms with Gasteiger partial charge in [-0.3, -0.25) is 4.79 Å². The molecule has 108 valence electrons. The predicted molar refractivity (Wildman–Crippen MR) is 78.1 cm³/mol. The van der Waals surface area contributed by atoms with Crippen molar-refractivity contribution in [1.82, 2.24) is 5.32 Å². The number of hydrogen-bond acceptors (Lipinski definition) is 2. The molecule has 0 fully saturated rings. The van der Waals surface area contributed by atoms with Crippen molar-refractivity contribution in [1.29, 1.82) is 0 Å². The number of hydrogen-bond donors (Lipinski definition) is 2. The van der Waals surface area contributed by atoms with Crippen LogP contribution in [-0.2, 0) is 11.3 Å². The molecule has 3 nitrogen and oxygen atoms in total. The second-order valence-electron chi connectivity index (χ2n) is 4.47. The molecule has 0 radical (unpaired) electrons. The van der Waals surface area contributed by atoms with Crippen molar-refractivity contribution in [3.63, 3.8) is 0 Å². The Balaban J connectivity index is 1.91. The maximum Gasteiger partial charge on any atom is 0.244 e. The second-order valence-corrected chi connectivity index (χ2v) is 4.47. The first kappa shape index (κ1) is 14.7. The number of carbonyl (C=O) groups is 1. The van der Waals surface area contributed by atoms with Crippen LogP contribution < -0.4 is 11.1 Å². The minimum Gasteiger partial charge on any atom is -0.399 e. The van der Waals surface area contributed by atoms with Crippen molar-refractivity contribution in [2.45, 2.75) is 6.54 Å². The Morgan fingerprint density at radius 3 is 2.67 bits per heavy atom. The number of benzene rings is 2. The van der Waals surface area contributed by atoms with E-state index in [1.807, 2.05) is 6.07 Å². The van der Waals surface area contributed by atoms with Crippen LogP contribution in [0.1, 0.15) is 11.1 Å². The minimum absolute atomic E-state index is 0.122. The van der Waals surface area contributed by atoms with Crippen molar-refractivity contribution >= 4 is 17.7 Å². The van der Waals surface area contributed by atoms with Crippen LogP contribution in [0.2, 0.25) is 0 Å². The lowest BCUT2D eigenvalue weighted by Crippen LogP contribution is -2.20. The minimum atomic E-state index is -0.933. The highest BCUT2D eigenvalue weighted by molar-refractivity contribution is 5.91. The first-order valence-corrected chi connectivity index (χ1v) is 6.30. The van der Waals surface area contributed by atoms with Gasteiger partial charge in [0.1, 0.15) is 0 Å². The Hall–Kier alpha value is -2.69. The highest BCUT2D eigenvalue weighted by atomic mass is 19.2. The van der Waals surface area contributed by atoms with Crippen molar-refractivity contribution < 1.29 is 13.6 Å². The van der Waals surface area contributed by atoms with Crippen LogP contribution in [0.25, 0.3) is 6.08 Å². The standard InChI is InChI=1S/C16H14F2N2O/c17-14-6-4-12(9-15(14)18)10-20-16(21)7-5-11-2-1-3-13(19)8-11/h1-9H,10,19H2,(H,20,21)/b7-5+. The van der Waals surface area contributed by atoms with Gasteiger partial charge in [0.2, 0.25) is 5.91 Å². The third kappa shape index (κ3) is 4.42. The number of rotatable bonds is 4. The number of nitrogen functional groups attached to an aromatic ring is 1. The monoisotopic (exact) mass is 288 g/mol. The molecule has 0 saturated heterocycles. The summed E-state index contributed by atoms with van der Waals surface area (Å²) in [6.07, 6.45) is 2.98. The summed E-state index contributed by atoms with van der Waals surface area (Å²) in [4.78, 5) is 11.6. The number of anilines is 1. The van der Waals surface area contributed by atoms with E-state index in [4.69, 9.17) is 5.73 Å². The Morgan fingerprint density at radius 1 is 1.14 bits per heavy atom. The fraction of sp³-hybridized carbons (Fsp3) is 0.0625. The van der Waals surface area contributed by atoms with Crippen LogP contribution in [-0.4, -0.2) is 5.91 Å². The van der Waals surface area contributed by atoms with E-state index < -0.39 is 11.6 Å². The van der Waals surface area contributed by atoms with Gasteiger partial charge in [-0.2, -0.15) is 0 Å². The summed E-state index contributed by atoms with van der Waals surface area (Å²) in [5, 5.41) is 2.58. The molecule has 0 bridgehead atoms. The molecule has 1 amide bonds. The Bertz CT molecular complexity index is 684. The summed E-state index contributed by atoms with van der Waals surface area (Å²) in [5.41, 5.74) is 7.53. The van der Waals surface area contributed by atoms with Gasteiger partial charge in [-0.05, 0) is 41.5 Å². The van der Waals surface area contributed by atoms with Crippen LogP contribution in [0.5, 0.6) is 0 Å². The zero-order valence-corrected chi connectivity index (χ0v) is 11.1. The van der Waals surface area contributed by atoms with Gasteiger partial charge in [-0.25, -0.2) is 8.78 Å². The maximum atomic E-state index is 13.0. The molecular formula is C16H14F2N2O. The number of halogens is 2. The molecular weight excluding hydrogens is 274 g/mol. The molecule has 2 rings (SSSR count). The highest BCUT2D eigenvalue weighted by Gasteiger charge is 2.03. The van der Waals surface area contributed by atoms with Crippen LogP contribution >= 0.6 is 0 Å². The van der Waals surface area contributed by atoms with Crippen LogP contribution in [0, 0.1) is 11.6 Å². The van der Waals surface area contributed by atoms with E-state index in [9.17, 15) is 13.6 Å². The van der Waals surface area contributed by atoms with Gasteiger partial charge in [-0.15, -0.1) is 0 Å². The van der Waals surface area contributed by atoms with E-state index >= 15 is 0 Å². The quantitative estimate of drug-likeness (QED) is 0.671. The maximum absolute atomic E-state index is 13.0. The average Bonchev–Trinajstić information content (AvgIpc) is 2.46. The number of carbonyl (C=O) groups excluding carboxylic acids is 1. The molecule has 0 aliphatic carbocycles. The van der Waals surface area contributed by atoms with Crippen molar-refractivity contribution in [2.24, 2.45) is 0 Å². The van der Waals surface area contributed by atoms with Crippen molar-refractivity contribution in [2.75, 3.05) is 5.73 Å². The van der Waals surface area contributed by atoms with E-state index in [1.54, 1.807) is 24.3 Å². The third-order valence-corrected chi connectivity index (χ3v) is 2.79. The molecule has 21 heavy (non-hydrogen) atoms. The van der Waals surface area contributed by atoms with Gasteiger partial charge in [0, 0.05) is 18.3 Å². The topological polar surface area (TPSA) is 55.1 Å². The molecule has 0 saturated carbocycles. The van der Waals surface area contributed by atoms with Gasteiger partial charge in [0.15, 0.2) is 11.6 Å².